The van der Waals surface area contributed by atoms with Gasteiger partial charge in [0.05, 0.1) is 5.56 Å². The highest BCUT2D eigenvalue weighted by atomic mass is 19.4. The molecule has 1 aliphatic heterocycles. The summed E-state index contributed by atoms with van der Waals surface area (Å²) in [5.41, 5.74) is 0.0856. The predicted molar refractivity (Wildman–Crippen MR) is 65.7 cm³/mol. The predicted octanol–water partition coefficient (Wildman–Crippen LogP) is 2.85. The number of anilines is 1. The molecule has 0 radical (unpaired) electrons. The SMILES string of the molecule is CN(C)C1CCN(c2cccc(C(F)(F)F)c2)C1. The molecule has 0 aromatic heterocycles. The smallest absolute Gasteiger partial charge is 0.370 e. The topological polar surface area (TPSA) is 6.48 Å². The summed E-state index contributed by atoms with van der Waals surface area (Å²) >= 11 is 0. The number of hydrogen-bond acceptors (Lipinski definition) is 2. The van der Waals surface area contributed by atoms with Crippen LogP contribution in [0.4, 0.5) is 18.9 Å². The zero-order chi connectivity index (χ0) is 13.3. The largest absolute Gasteiger partial charge is 0.416 e. The lowest BCUT2D eigenvalue weighted by Gasteiger charge is -2.22. The van der Waals surface area contributed by atoms with E-state index in [9.17, 15) is 13.2 Å². The average molecular weight is 258 g/mol. The maximum Gasteiger partial charge on any atom is 0.416 e. The van der Waals surface area contributed by atoms with Crippen LogP contribution in [0.3, 0.4) is 0 Å². The van der Waals surface area contributed by atoms with Gasteiger partial charge in [-0.25, -0.2) is 0 Å². The molecule has 0 bridgehead atoms. The lowest BCUT2D eigenvalue weighted by molar-refractivity contribution is -0.137. The normalized spacial score (nSPS) is 20.8. The van der Waals surface area contributed by atoms with Gasteiger partial charge in [0.2, 0.25) is 0 Å². The van der Waals surface area contributed by atoms with Gasteiger partial charge in [-0.3, -0.25) is 0 Å². The molecule has 1 atom stereocenters. The van der Waals surface area contributed by atoms with E-state index in [0.717, 1.165) is 25.6 Å². The van der Waals surface area contributed by atoms with Crippen LogP contribution in [0.15, 0.2) is 24.3 Å². The number of hydrogen-bond donors (Lipinski definition) is 0. The van der Waals surface area contributed by atoms with Gasteiger partial charge in [-0.1, -0.05) is 6.07 Å². The fourth-order valence-electron chi connectivity index (χ4n) is 2.28. The molecule has 1 saturated heterocycles. The van der Waals surface area contributed by atoms with E-state index in [1.54, 1.807) is 6.07 Å². The minimum Gasteiger partial charge on any atom is -0.370 e. The van der Waals surface area contributed by atoms with Gasteiger partial charge < -0.3 is 9.80 Å². The second-order valence-electron chi connectivity index (χ2n) is 4.90. The van der Waals surface area contributed by atoms with Crippen molar-refractivity contribution >= 4 is 5.69 Å². The molecule has 2 nitrogen and oxygen atoms in total. The Labute approximate surface area is 105 Å². The minimum atomic E-state index is -4.27. The zero-order valence-electron chi connectivity index (χ0n) is 10.5. The number of rotatable bonds is 2. The summed E-state index contributed by atoms with van der Waals surface area (Å²) in [5, 5.41) is 0. The summed E-state index contributed by atoms with van der Waals surface area (Å²) in [6.45, 7) is 1.60. The van der Waals surface area contributed by atoms with Gasteiger partial charge in [-0.05, 0) is 38.7 Å². The molecule has 0 N–H and O–H groups in total. The molecule has 0 saturated carbocycles. The van der Waals surface area contributed by atoms with Crippen LogP contribution >= 0.6 is 0 Å². The molecule has 5 heteroatoms. The highest BCUT2D eigenvalue weighted by Gasteiger charge is 2.31. The molecule has 1 aliphatic rings. The Morgan fingerprint density at radius 2 is 2.00 bits per heavy atom. The van der Waals surface area contributed by atoms with Gasteiger partial charge in [0.15, 0.2) is 0 Å². The van der Waals surface area contributed by atoms with Crippen molar-refractivity contribution in [3.05, 3.63) is 29.8 Å². The molecule has 1 unspecified atom stereocenters. The van der Waals surface area contributed by atoms with Crippen molar-refractivity contribution < 1.29 is 13.2 Å². The standard InChI is InChI=1S/C13H17F3N2/c1-17(2)12-6-7-18(9-12)11-5-3-4-10(8-11)13(14,15)16/h3-5,8,12H,6-7,9H2,1-2H3. The third-order valence-corrected chi connectivity index (χ3v) is 3.43. The minimum absolute atomic E-state index is 0.416. The van der Waals surface area contributed by atoms with E-state index in [0.29, 0.717) is 11.7 Å². The fraction of sp³-hybridized carbons (Fsp3) is 0.538. The third-order valence-electron chi connectivity index (χ3n) is 3.43. The molecule has 0 amide bonds. The van der Waals surface area contributed by atoms with Crippen LogP contribution in [0.25, 0.3) is 0 Å². The number of nitrogens with zero attached hydrogens (tertiary/aromatic N) is 2. The molecule has 1 heterocycles. The van der Waals surface area contributed by atoms with Crippen molar-refractivity contribution in [2.45, 2.75) is 18.6 Å². The van der Waals surface area contributed by atoms with Gasteiger partial charge in [0, 0.05) is 24.8 Å². The Hall–Kier alpha value is -1.23. The van der Waals surface area contributed by atoms with E-state index in [2.05, 4.69) is 4.90 Å². The van der Waals surface area contributed by atoms with Crippen LogP contribution in [0.1, 0.15) is 12.0 Å². The van der Waals surface area contributed by atoms with Crippen molar-refractivity contribution in [2.75, 3.05) is 32.1 Å². The Morgan fingerprint density at radius 1 is 1.28 bits per heavy atom. The highest BCUT2D eigenvalue weighted by Crippen LogP contribution is 2.32. The number of alkyl halides is 3. The first-order chi connectivity index (χ1) is 8.38. The Kier molecular flexibility index (Phi) is 3.52. The van der Waals surface area contributed by atoms with Crippen molar-refractivity contribution in [3.8, 4) is 0 Å². The maximum atomic E-state index is 12.6. The molecule has 100 valence electrons. The second-order valence-corrected chi connectivity index (χ2v) is 4.90. The van der Waals surface area contributed by atoms with Crippen LogP contribution in [0.2, 0.25) is 0 Å². The van der Waals surface area contributed by atoms with Crippen LogP contribution in [-0.4, -0.2) is 38.1 Å². The number of halogens is 3. The quantitative estimate of drug-likeness (QED) is 0.805. The van der Waals surface area contributed by atoms with Crippen LogP contribution in [0, 0.1) is 0 Å². The van der Waals surface area contributed by atoms with Crippen molar-refractivity contribution in [3.63, 3.8) is 0 Å². The van der Waals surface area contributed by atoms with Gasteiger partial charge in [0.1, 0.15) is 0 Å². The molecular weight excluding hydrogens is 241 g/mol. The van der Waals surface area contributed by atoms with Crippen LogP contribution < -0.4 is 4.90 Å². The van der Waals surface area contributed by atoms with E-state index in [-0.39, 0.29) is 0 Å². The van der Waals surface area contributed by atoms with E-state index in [1.807, 2.05) is 19.0 Å². The summed E-state index contributed by atoms with van der Waals surface area (Å²) in [6.07, 6.45) is -3.28. The average Bonchev–Trinajstić information content (AvgIpc) is 2.77. The van der Waals surface area contributed by atoms with Crippen LogP contribution in [-0.2, 0) is 6.18 Å². The van der Waals surface area contributed by atoms with E-state index in [4.69, 9.17) is 0 Å². The number of likely N-dealkylation sites (N-methyl/N-ethyl adjacent to an activating group) is 1. The first kappa shape index (κ1) is 13.2. The van der Waals surface area contributed by atoms with Gasteiger partial charge >= 0.3 is 6.18 Å². The summed E-state index contributed by atoms with van der Waals surface area (Å²) in [6, 6.07) is 5.98. The van der Waals surface area contributed by atoms with E-state index >= 15 is 0 Å². The Balaban J connectivity index is 2.15. The highest BCUT2D eigenvalue weighted by molar-refractivity contribution is 5.50. The molecule has 18 heavy (non-hydrogen) atoms. The summed E-state index contributed by atoms with van der Waals surface area (Å²) in [5.74, 6) is 0. The van der Waals surface area contributed by atoms with Crippen molar-refractivity contribution in [2.24, 2.45) is 0 Å². The monoisotopic (exact) mass is 258 g/mol. The van der Waals surface area contributed by atoms with Crippen LogP contribution in [0.5, 0.6) is 0 Å². The first-order valence-electron chi connectivity index (χ1n) is 5.96. The molecule has 1 aromatic carbocycles. The van der Waals surface area contributed by atoms with Crippen molar-refractivity contribution in [1.29, 1.82) is 0 Å². The zero-order valence-corrected chi connectivity index (χ0v) is 10.5. The van der Waals surface area contributed by atoms with E-state index < -0.39 is 11.7 Å². The number of benzene rings is 1. The summed E-state index contributed by atoms with van der Waals surface area (Å²) in [7, 11) is 4.00. The molecule has 1 aromatic rings. The fourth-order valence-corrected chi connectivity index (χ4v) is 2.28. The van der Waals surface area contributed by atoms with E-state index in [1.165, 1.54) is 12.1 Å². The van der Waals surface area contributed by atoms with Gasteiger partial charge in [0.25, 0.3) is 0 Å². The Bertz CT molecular complexity index is 415. The molecule has 2 rings (SSSR count). The molecular formula is C13H17F3N2. The summed E-state index contributed by atoms with van der Waals surface area (Å²) < 4.78 is 37.9. The first-order valence-corrected chi connectivity index (χ1v) is 5.96. The third kappa shape index (κ3) is 2.77. The maximum absolute atomic E-state index is 12.6. The lowest BCUT2D eigenvalue weighted by Crippen LogP contribution is -2.31. The van der Waals surface area contributed by atoms with Gasteiger partial charge in [-0.15, -0.1) is 0 Å². The van der Waals surface area contributed by atoms with Gasteiger partial charge in [-0.2, -0.15) is 13.2 Å². The Morgan fingerprint density at radius 3 is 2.56 bits per heavy atom. The lowest BCUT2D eigenvalue weighted by atomic mass is 10.2. The second kappa shape index (κ2) is 4.80. The molecule has 0 aliphatic carbocycles. The molecule has 0 spiro atoms. The molecule has 1 fully saturated rings. The summed E-state index contributed by atoms with van der Waals surface area (Å²) in [4.78, 5) is 4.13. The van der Waals surface area contributed by atoms with Crippen molar-refractivity contribution in [1.82, 2.24) is 4.90 Å².